The molecule has 0 saturated carbocycles. The van der Waals surface area contributed by atoms with Crippen LogP contribution in [0.2, 0.25) is 10.0 Å². The summed E-state index contributed by atoms with van der Waals surface area (Å²) in [6, 6.07) is 18.9. The molecule has 0 radical (unpaired) electrons. The lowest BCUT2D eigenvalue weighted by atomic mass is 10.2. The molecular weight excluding hydrogens is 435 g/mol. The van der Waals surface area contributed by atoms with Gasteiger partial charge in [-0.25, -0.2) is 0 Å². The van der Waals surface area contributed by atoms with E-state index in [2.05, 4.69) is 10.5 Å². The Morgan fingerprint density at radius 2 is 1.74 bits per heavy atom. The van der Waals surface area contributed by atoms with Crippen LogP contribution in [0.4, 0.5) is 0 Å². The van der Waals surface area contributed by atoms with Gasteiger partial charge in [-0.3, -0.25) is 0 Å². The van der Waals surface area contributed by atoms with Crippen LogP contribution in [0.5, 0.6) is 17.2 Å². The minimum Gasteiger partial charge on any atom is -0.496 e. The molecular formula is C24H24Cl2N2O3. The third-order valence-electron chi connectivity index (χ3n) is 4.41. The number of nitrogens with zero attached hydrogens (tertiary/aromatic N) is 1. The quantitative estimate of drug-likeness (QED) is 0.294. The molecule has 0 heterocycles. The predicted molar refractivity (Wildman–Crippen MR) is 126 cm³/mol. The summed E-state index contributed by atoms with van der Waals surface area (Å²) < 4.78 is 17.0. The molecule has 0 bridgehead atoms. The lowest BCUT2D eigenvalue weighted by Crippen LogP contribution is -2.07. The van der Waals surface area contributed by atoms with Crippen LogP contribution < -0.4 is 19.6 Å². The molecule has 0 unspecified atom stereocenters. The number of para-hydroxylation sites is 1. The first-order valence-corrected chi connectivity index (χ1v) is 10.6. The van der Waals surface area contributed by atoms with Crippen LogP contribution in [-0.2, 0) is 13.2 Å². The van der Waals surface area contributed by atoms with E-state index in [9.17, 15) is 0 Å². The van der Waals surface area contributed by atoms with Crippen LogP contribution in [0, 0.1) is 0 Å². The third kappa shape index (κ3) is 6.54. The summed E-state index contributed by atoms with van der Waals surface area (Å²) in [5.74, 6) is 2.12. The highest BCUT2D eigenvalue weighted by molar-refractivity contribution is 6.42. The molecule has 162 valence electrons. The van der Waals surface area contributed by atoms with Gasteiger partial charge in [0.1, 0.15) is 12.4 Å². The summed E-state index contributed by atoms with van der Waals surface area (Å²) >= 11 is 12.0. The number of benzene rings is 3. The minimum absolute atomic E-state index is 0.352. The molecule has 0 saturated heterocycles. The number of ether oxygens (including phenoxy) is 3. The maximum atomic E-state index is 6.07. The molecule has 0 aromatic heterocycles. The molecule has 0 aliphatic rings. The molecule has 1 N–H and O–H groups in total. The summed E-state index contributed by atoms with van der Waals surface area (Å²) in [4.78, 5) is 0. The average molecular weight is 459 g/mol. The van der Waals surface area contributed by atoms with Gasteiger partial charge in [0.15, 0.2) is 11.5 Å². The van der Waals surface area contributed by atoms with Crippen LogP contribution in [-0.4, -0.2) is 19.9 Å². The molecule has 0 aliphatic heterocycles. The first-order valence-electron chi connectivity index (χ1n) is 9.82. The van der Waals surface area contributed by atoms with Gasteiger partial charge in [-0.05, 0) is 54.4 Å². The first-order chi connectivity index (χ1) is 15.1. The molecule has 3 rings (SSSR count). The van der Waals surface area contributed by atoms with Gasteiger partial charge in [0.05, 0.1) is 36.5 Å². The summed E-state index contributed by atoms with van der Waals surface area (Å²) in [5, 5.41) is 5.32. The summed E-state index contributed by atoms with van der Waals surface area (Å²) in [6.45, 7) is 3.36. The normalized spacial score (nSPS) is 10.8. The molecule has 0 aliphatic carbocycles. The van der Waals surface area contributed by atoms with Crippen molar-refractivity contribution in [3.63, 3.8) is 0 Å². The zero-order valence-corrected chi connectivity index (χ0v) is 18.9. The van der Waals surface area contributed by atoms with Crippen LogP contribution in [0.15, 0.2) is 65.8 Å². The second kappa shape index (κ2) is 11.5. The zero-order valence-electron chi connectivity index (χ0n) is 17.4. The van der Waals surface area contributed by atoms with Gasteiger partial charge in [-0.15, -0.1) is 0 Å². The second-order valence-corrected chi connectivity index (χ2v) is 7.40. The van der Waals surface area contributed by atoms with Gasteiger partial charge in [-0.2, -0.15) is 5.10 Å². The van der Waals surface area contributed by atoms with Gasteiger partial charge in [0.2, 0.25) is 0 Å². The van der Waals surface area contributed by atoms with E-state index in [1.807, 2.05) is 55.5 Å². The monoisotopic (exact) mass is 458 g/mol. The molecule has 3 aromatic carbocycles. The lowest BCUT2D eigenvalue weighted by molar-refractivity contribution is 0.269. The van der Waals surface area contributed by atoms with Crippen molar-refractivity contribution in [2.24, 2.45) is 5.10 Å². The smallest absolute Gasteiger partial charge is 0.161 e. The standard InChI is InChI=1S/C24H24Cl2N2O3/c1-3-30-24-13-17(14-27-28-15-19-6-4-5-7-22(19)29-2)9-11-23(24)31-16-18-8-10-20(25)21(26)12-18/h4-14,28H,3,15-16H2,1-2H3/b27-14-. The van der Waals surface area contributed by atoms with Crippen molar-refractivity contribution in [3.05, 3.63) is 87.4 Å². The van der Waals surface area contributed by atoms with Gasteiger partial charge < -0.3 is 19.6 Å². The predicted octanol–water partition coefficient (Wildman–Crippen LogP) is 6.10. The number of nitrogens with one attached hydrogen (secondary N) is 1. The minimum atomic E-state index is 0.352. The Kier molecular flexibility index (Phi) is 8.44. The molecule has 0 amide bonds. The Morgan fingerprint density at radius 1 is 0.903 bits per heavy atom. The van der Waals surface area contributed by atoms with Crippen molar-refractivity contribution in [2.75, 3.05) is 13.7 Å². The Balaban J connectivity index is 1.63. The number of hydrogen-bond acceptors (Lipinski definition) is 5. The Bertz CT molecular complexity index is 1040. The maximum absolute atomic E-state index is 6.07. The number of rotatable bonds is 10. The SMILES string of the molecule is CCOc1cc(/C=N\NCc2ccccc2OC)ccc1OCc1ccc(Cl)c(Cl)c1. The van der Waals surface area contributed by atoms with E-state index in [0.29, 0.717) is 41.3 Å². The fourth-order valence-corrected chi connectivity index (χ4v) is 3.20. The highest BCUT2D eigenvalue weighted by Gasteiger charge is 2.08. The van der Waals surface area contributed by atoms with Crippen molar-refractivity contribution in [3.8, 4) is 17.2 Å². The van der Waals surface area contributed by atoms with Crippen molar-refractivity contribution < 1.29 is 14.2 Å². The summed E-state index contributed by atoms with van der Waals surface area (Å²) in [6.07, 6.45) is 1.74. The largest absolute Gasteiger partial charge is 0.496 e. The number of halogens is 2. The van der Waals surface area contributed by atoms with E-state index < -0.39 is 0 Å². The maximum Gasteiger partial charge on any atom is 0.161 e. The number of hydrogen-bond donors (Lipinski definition) is 1. The Hall–Kier alpha value is -2.89. The van der Waals surface area contributed by atoms with E-state index in [1.54, 1.807) is 25.5 Å². The highest BCUT2D eigenvalue weighted by atomic mass is 35.5. The van der Waals surface area contributed by atoms with Crippen LogP contribution in [0.25, 0.3) is 0 Å². The van der Waals surface area contributed by atoms with Crippen LogP contribution in [0.3, 0.4) is 0 Å². The average Bonchev–Trinajstić information content (AvgIpc) is 2.79. The molecule has 3 aromatic rings. The lowest BCUT2D eigenvalue weighted by Gasteiger charge is -2.13. The van der Waals surface area contributed by atoms with Crippen molar-refractivity contribution in [2.45, 2.75) is 20.1 Å². The van der Waals surface area contributed by atoms with E-state index >= 15 is 0 Å². The fourth-order valence-electron chi connectivity index (χ4n) is 2.88. The van der Waals surface area contributed by atoms with Crippen LogP contribution in [0.1, 0.15) is 23.6 Å². The first kappa shape index (κ1) is 22.8. The zero-order chi connectivity index (χ0) is 22.1. The van der Waals surface area contributed by atoms with Gasteiger partial charge in [0.25, 0.3) is 0 Å². The van der Waals surface area contributed by atoms with E-state index in [-0.39, 0.29) is 0 Å². The molecule has 0 spiro atoms. The van der Waals surface area contributed by atoms with Crippen molar-refractivity contribution in [1.29, 1.82) is 0 Å². The number of hydrazone groups is 1. The van der Waals surface area contributed by atoms with E-state index in [4.69, 9.17) is 37.4 Å². The second-order valence-electron chi connectivity index (χ2n) is 6.58. The Labute approximate surface area is 192 Å². The number of methoxy groups -OCH3 is 1. The van der Waals surface area contributed by atoms with Gasteiger partial charge >= 0.3 is 0 Å². The Morgan fingerprint density at radius 3 is 2.52 bits per heavy atom. The fraction of sp³-hybridized carbons (Fsp3) is 0.208. The molecule has 0 fully saturated rings. The third-order valence-corrected chi connectivity index (χ3v) is 5.15. The molecule has 7 heteroatoms. The van der Waals surface area contributed by atoms with Gasteiger partial charge in [0, 0.05) is 5.56 Å². The highest BCUT2D eigenvalue weighted by Crippen LogP contribution is 2.30. The molecule has 0 atom stereocenters. The molecule has 5 nitrogen and oxygen atoms in total. The molecule has 31 heavy (non-hydrogen) atoms. The van der Waals surface area contributed by atoms with Crippen LogP contribution >= 0.6 is 23.2 Å². The van der Waals surface area contributed by atoms with Crippen molar-refractivity contribution >= 4 is 29.4 Å². The van der Waals surface area contributed by atoms with Crippen molar-refractivity contribution in [1.82, 2.24) is 5.43 Å². The summed E-state index contributed by atoms with van der Waals surface area (Å²) in [7, 11) is 1.66. The van der Waals surface area contributed by atoms with E-state index in [1.165, 1.54) is 0 Å². The topological polar surface area (TPSA) is 52.1 Å². The van der Waals surface area contributed by atoms with Gasteiger partial charge in [-0.1, -0.05) is 47.5 Å². The summed E-state index contributed by atoms with van der Waals surface area (Å²) in [5.41, 5.74) is 5.88. The van der Waals surface area contributed by atoms with E-state index in [0.717, 1.165) is 22.4 Å².